The van der Waals surface area contributed by atoms with Crippen LogP contribution in [0, 0.1) is 0 Å². The number of aryl methyl sites for hydroxylation is 1. The van der Waals surface area contributed by atoms with Gasteiger partial charge in [-0.25, -0.2) is 0 Å². The highest BCUT2D eigenvalue weighted by atomic mass is 79.9. The average Bonchev–Trinajstić information content (AvgIpc) is 2.41. The van der Waals surface area contributed by atoms with E-state index in [1.165, 1.54) is 11.5 Å². The summed E-state index contributed by atoms with van der Waals surface area (Å²) in [7, 11) is 0. The number of rotatable bonds is 5. The highest BCUT2D eigenvalue weighted by Crippen LogP contribution is 2.16. The van der Waals surface area contributed by atoms with Gasteiger partial charge in [0.1, 0.15) is 0 Å². The molecule has 1 aromatic rings. The molecule has 0 saturated carbocycles. The normalized spacial score (nSPS) is 10.6. The minimum absolute atomic E-state index is 0.572. The molecule has 0 amide bonds. The number of hydrogen-bond acceptors (Lipinski definition) is 3. The molecule has 2 N–H and O–H groups in total. The number of halogens is 1. The molecule has 0 atom stereocenters. The topological polar surface area (TPSA) is 43.8 Å². The van der Waals surface area contributed by atoms with E-state index in [-0.39, 0.29) is 0 Å². The zero-order valence-electron chi connectivity index (χ0n) is 7.66. The Balaban J connectivity index is 2.29. The van der Waals surface area contributed by atoms with Crippen molar-refractivity contribution >= 4 is 33.5 Å². The van der Waals surface area contributed by atoms with E-state index in [1.54, 1.807) is 0 Å². The smallest absolute Gasteiger partial charge is 0.159 e. The number of hydrogen-bond donors (Lipinski definition) is 1. The van der Waals surface area contributed by atoms with Gasteiger partial charge in [-0.05, 0) is 33.9 Å². The van der Waals surface area contributed by atoms with Gasteiger partial charge in [-0.15, -0.1) is 0 Å². The largest absolute Gasteiger partial charge is 0.381 e. The van der Waals surface area contributed by atoms with Crippen molar-refractivity contribution in [2.24, 2.45) is 0 Å². The van der Waals surface area contributed by atoms with E-state index in [4.69, 9.17) is 5.73 Å². The van der Waals surface area contributed by atoms with Crippen LogP contribution in [0.1, 0.15) is 13.3 Å². The van der Waals surface area contributed by atoms with Crippen LogP contribution in [0.3, 0.4) is 0 Å². The molecule has 74 valence electrons. The SMILES string of the molecule is CCSCCCn1cc(Br)c(N)n1. The molecule has 0 aromatic carbocycles. The highest BCUT2D eigenvalue weighted by Gasteiger charge is 2.00. The van der Waals surface area contributed by atoms with Crippen LogP contribution in [0.2, 0.25) is 0 Å². The molecular formula is C8H14BrN3S. The Hall–Kier alpha value is -0.160. The zero-order valence-corrected chi connectivity index (χ0v) is 10.1. The number of thioether (sulfide) groups is 1. The average molecular weight is 264 g/mol. The first kappa shape index (κ1) is 10.9. The molecule has 1 heterocycles. The molecule has 0 radical (unpaired) electrons. The number of aromatic nitrogens is 2. The summed E-state index contributed by atoms with van der Waals surface area (Å²) >= 11 is 5.28. The summed E-state index contributed by atoms with van der Waals surface area (Å²) in [5, 5.41) is 4.15. The molecule has 0 spiro atoms. The van der Waals surface area contributed by atoms with Crippen molar-refractivity contribution in [3.05, 3.63) is 10.7 Å². The van der Waals surface area contributed by atoms with Gasteiger partial charge in [0, 0.05) is 12.7 Å². The molecule has 0 aliphatic heterocycles. The van der Waals surface area contributed by atoms with Gasteiger partial charge in [0.2, 0.25) is 0 Å². The van der Waals surface area contributed by atoms with Crippen LogP contribution < -0.4 is 5.73 Å². The third-order valence-corrected chi connectivity index (χ3v) is 3.22. The number of nitrogens with two attached hydrogens (primary N) is 1. The first-order valence-corrected chi connectivity index (χ1v) is 6.25. The second-order valence-electron chi connectivity index (χ2n) is 2.68. The van der Waals surface area contributed by atoms with Crippen molar-refractivity contribution in [1.82, 2.24) is 9.78 Å². The van der Waals surface area contributed by atoms with E-state index in [1.807, 2.05) is 22.6 Å². The van der Waals surface area contributed by atoms with Crippen LogP contribution in [0.4, 0.5) is 5.82 Å². The number of anilines is 1. The maximum Gasteiger partial charge on any atom is 0.159 e. The summed E-state index contributed by atoms with van der Waals surface area (Å²) in [6, 6.07) is 0. The second-order valence-corrected chi connectivity index (χ2v) is 4.92. The molecule has 0 saturated heterocycles. The fourth-order valence-corrected chi connectivity index (χ4v) is 1.94. The van der Waals surface area contributed by atoms with Crippen molar-refractivity contribution in [3.63, 3.8) is 0 Å². The number of nitrogens with zero attached hydrogens (tertiary/aromatic N) is 2. The lowest BCUT2D eigenvalue weighted by molar-refractivity contribution is 0.608. The molecule has 0 unspecified atom stereocenters. The Bertz CT molecular complexity index is 242. The molecule has 0 bridgehead atoms. The standard InChI is InChI=1S/C8H14BrN3S/c1-2-13-5-3-4-12-6-7(9)8(10)11-12/h6H,2-5H2,1H3,(H2,10,11). The van der Waals surface area contributed by atoms with Gasteiger partial charge in [0.15, 0.2) is 5.82 Å². The highest BCUT2D eigenvalue weighted by molar-refractivity contribution is 9.10. The van der Waals surface area contributed by atoms with Crippen LogP contribution in [-0.2, 0) is 6.54 Å². The Morgan fingerprint density at radius 1 is 1.69 bits per heavy atom. The lowest BCUT2D eigenvalue weighted by Crippen LogP contribution is -2.00. The van der Waals surface area contributed by atoms with Crippen molar-refractivity contribution in [2.75, 3.05) is 17.2 Å². The predicted molar refractivity (Wildman–Crippen MR) is 62.0 cm³/mol. The summed E-state index contributed by atoms with van der Waals surface area (Å²) in [6.45, 7) is 3.12. The molecule has 5 heteroatoms. The number of nitrogen functional groups attached to an aromatic ring is 1. The maximum absolute atomic E-state index is 5.59. The van der Waals surface area contributed by atoms with Crippen molar-refractivity contribution in [1.29, 1.82) is 0 Å². The van der Waals surface area contributed by atoms with Gasteiger partial charge in [-0.3, -0.25) is 4.68 Å². The van der Waals surface area contributed by atoms with Gasteiger partial charge in [0.25, 0.3) is 0 Å². The molecule has 0 aliphatic carbocycles. The fourth-order valence-electron chi connectivity index (χ4n) is 0.999. The van der Waals surface area contributed by atoms with E-state index in [9.17, 15) is 0 Å². The quantitative estimate of drug-likeness (QED) is 0.830. The lowest BCUT2D eigenvalue weighted by atomic mass is 10.5. The van der Waals surface area contributed by atoms with Gasteiger partial charge in [0.05, 0.1) is 4.47 Å². The second kappa shape index (κ2) is 5.54. The lowest BCUT2D eigenvalue weighted by Gasteiger charge is -1.99. The molecule has 3 nitrogen and oxygen atoms in total. The molecule has 0 aliphatic rings. The van der Waals surface area contributed by atoms with E-state index in [2.05, 4.69) is 28.0 Å². The fraction of sp³-hybridized carbons (Fsp3) is 0.625. The Labute approximate surface area is 91.2 Å². The molecule has 1 rings (SSSR count). The van der Waals surface area contributed by atoms with E-state index in [0.29, 0.717) is 5.82 Å². The zero-order chi connectivity index (χ0) is 9.68. The van der Waals surface area contributed by atoms with Gasteiger partial charge in [-0.2, -0.15) is 16.9 Å². The van der Waals surface area contributed by atoms with E-state index >= 15 is 0 Å². The van der Waals surface area contributed by atoms with Crippen LogP contribution in [0.5, 0.6) is 0 Å². The predicted octanol–water partition coefficient (Wildman–Crippen LogP) is 2.37. The Morgan fingerprint density at radius 2 is 2.46 bits per heavy atom. The Morgan fingerprint density at radius 3 is 3.00 bits per heavy atom. The molecular weight excluding hydrogens is 250 g/mol. The first-order valence-electron chi connectivity index (χ1n) is 4.30. The molecule has 1 aromatic heterocycles. The minimum Gasteiger partial charge on any atom is -0.381 e. The third kappa shape index (κ3) is 3.60. The maximum atomic E-state index is 5.59. The van der Waals surface area contributed by atoms with Crippen LogP contribution in [0.15, 0.2) is 10.7 Å². The monoisotopic (exact) mass is 263 g/mol. The van der Waals surface area contributed by atoms with Crippen LogP contribution in [0.25, 0.3) is 0 Å². The summed E-state index contributed by atoms with van der Waals surface area (Å²) in [6.07, 6.45) is 3.07. The Kier molecular flexibility index (Phi) is 4.66. The van der Waals surface area contributed by atoms with Crippen molar-refractivity contribution in [3.8, 4) is 0 Å². The van der Waals surface area contributed by atoms with Crippen molar-refractivity contribution < 1.29 is 0 Å². The van der Waals surface area contributed by atoms with Crippen molar-refractivity contribution in [2.45, 2.75) is 19.9 Å². The molecule has 13 heavy (non-hydrogen) atoms. The summed E-state index contributed by atoms with van der Waals surface area (Å²) < 4.78 is 2.77. The molecule has 0 fully saturated rings. The summed E-state index contributed by atoms with van der Waals surface area (Å²) in [4.78, 5) is 0. The van der Waals surface area contributed by atoms with Crippen LogP contribution >= 0.6 is 27.7 Å². The van der Waals surface area contributed by atoms with Gasteiger partial charge < -0.3 is 5.73 Å². The van der Waals surface area contributed by atoms with Gasteiger partial charge in [-0.1, -0.05) is 6.92 Å². The van der Waals surface area contributed by atoms with E-state index in [0.717, 1.165) is 17.4 Å². The van der Waals surface area contributed by atoms with Gasteiger partial charge >= 0.3 is 0 Å². The third-order valence-electron chi connectivity index (χ3n) is 1.62. The first-order chi connectivity index (χ1) is 6.24. The summed E-state index contributed by atoms with van der Waals surface area (Å²) in [5.74, 6) is 2.95. The van der Waals surface area contributed by atoms with Crippen LogP contribution in [-0.4, -0.2) is 21.3 Å². The minimum atomic E-state index is 0.572. The summed E-state index contributed by atoms with van der Waals surface area (Å²) in [5.41, 5.74) is 5.59. The van der Waals surface area contributed by atoms with E-state index < -0.39 is 0 Å².